The minimum Gasteiger partial charge on any atom is -0.376 e. The Morgan fingerprint density at radius 1 is 1.09 bits per heavy atom. The minimum absolute atomic E-state index is 0.0794. The molecule has 1 aromatic carbocycles. The Hall–Kier alpha value is -2.23. The molecule has 0 radical (unpaired) electrons. The number of nitrogens with one attached hydrogen (secondary N) is 1. The first-order valence-electron chi connectivity index (χ1n) is 11.5. The number of sulfonamides is 1. The van der Waals surface area contributed by atoms with Crippen LogP contribution in [-0.4, -0.2) is 50.6 Å². The molecule has 1 saturated heterocycles. The lowest BCUT2D eigenvalue weighted by Crippen LogP contribution is -2.49. The summed E-state index contributed by atoms with van der Waals surface area (Å²) in [6, 6.07) is 10.9. The molecule has 2 aliphatic rings. The molecule has 2 atom stereocenters. The van der Waals surface area contributed by atoms with Crippen LogP contribution >= 0.6 is 0 Å². The summed E-state index contributed by atoms with van der Waals surface area (Å²) < 4.78 is 49.2. The van der Waals surface area contributed by atoms with E-state index >= 15 is 0 Å². The van der Waals surface area contributed by atoms with Crippen LogP contribution in [-0.2, 0) is 21.8 Å². The van der Waals surface area contributed by atoms with Crippen molar-refractivity contribution in [2.24, 2.45) is 7.05 Å². The van der Waals surface area contributed by atoms with Gasteiger partial charge in [-0.15, -0.1) is 0 Å². The summed E-state index contributed by atoms with van der Waals surface area (Å²) in [4.78, 5) is 13.7. The van der Waals surface area contributed by atoms with Crippen LogP contribution in [0.5, 0.6) is 0 Å². The summed E-state index contributed by atoms with van der Waals surface area (Å²) in [5.41, 5.74) is 0.678. The van der Waals surface area contributed by atoms with Gasteiger partial charge in [-0.2, -0.15) is 4.39 Å². The zero-order valence-corrected chi connectivity index (χ0v) is 19.9. The molecule has 2 heterocycles. The van der Waals surface area contributed by atoms with Crippen molar-refractivity contribution in [1.29, 1.82) is 0 Å². The average molecular weight is 478 g/mol. The van der Waals surface area contributed by atoms with E-state index in [2.05, 4.69) is 29.0 Å². The Labute approximate surface area is 194 Å². The SMILES string of the molecule is Cn1ccc(=O)c(F)c1N1CC[C@H](NS(C)(=O)=O)[C@@H]1CO[C@H]1CC[C@@H](c2ccccc2)CC1. The molecule has 9 heteroatoms. The van der Waals surface area contributed by atoms with Crippen molar-refractivity contribution in [2.45, 2.75) is 56.2 Å². The molecule has 7 nitrogen and oxygen atoms in total. The molecule has 4 rings (SSSR count). The zero-order chi connectivity index (χ0) is 23.6. The fourth-order valence-corrected chi connectivity index (χ4v) is 6.00. The van der Waals surface area contributed by atoms with Gasteiger partial charge in [0.15, 0.2) is 0 Å². The number of pyridine rings is 1. The summed E-state index contributed by atoms with van der Waals surface area (Å²) in [6.45, 7) is 0.687. The fourth-order valence-electron chi connectivity index (χ4n) is 5.17. The molecular weight excluding hydrogens is 445 g/mol. The Bertz CT molecular complexity index is 1110. The average Bonchev–Trinajstić information content (AvgIpc) is 3.16. The quantitative estimate of drug-likeness (QED) is 0.663. The van der Waals surface area contributed by atoms with Crippen LogP contribution in [0.1, 0.15) is 43.6 Å². The first-order valence-corrected chi connectivity index (χ1v) is 13.4. The number of aryl methyl sites for hydroxylation is 1. The molecule has 1 aromatic heterocycles. The number of hydrogen-bond donors (Lipinski definition) is 1. The highest BCUT2D eigenvalue weighted by Gasteiger charge is 2.39. The smallest absolute Gasteiger partial charge is 0.219 e. The van der Waals surface area contributed by atoms with Crippen LogP contribution in [0.4, 0.5) is 10.2 Å². The summed E-state index contributed by atoms with van der Waals surface area (Å²) >= 11 is 0. The van der Waals surface area contributed by atoms with Crippen LogP contribution in [0.2, 0.25) is 0 Å². The van der Waals surface area contributed by atoms with Crippen LogP contribution in [0.15, 0.2) is 47.4 Å². The van der Waals surface area contributed by atoms with Crippen LogP contribution in [0.3, 0.4) is 0 Å². The lowest BCUT2D eigenvalue weighted by molar-refractivity contribution is 0.0155. The van der Waals surface area contributed by atoms with Crippen LogP contribution in [0.25, 0.3) is 0 Å². The third-order valence-electron chi connectivity index (χ3n) is 6.83. The minimum atomic E-state index is -3.45. The van der Waals surface area contributed by atoms with Crippen molar-refractivity contribution in [3.8, 4) is 0 Å². The van der Waals surface area contributed by atoms with E-state index in [1.165, 1.54) is 17.8 Å². The Kier molecular flexibility index (Phi) is 7.21. The van der Waals surface area contributed by atoms with Gasteiger partial charge in [-0.25, -0.2) is 13.1 Å². The molecule has 2 fully saturated rings. The van der Waals surface area contributed by atoms with E-state index in [-0.39, 0.29) is 18.5 Å². The third kappa shape index (κ3) is 5.65. The molecule has 0 spiro atoms. The van der Waals surface area contributed by atoms with Crippen molar-refractivity contribution in [3.05, 3.63) is 64.2 Å². The zero-order valence-electron chi connectivity index (χ0n) is 19.1. The Morgan fingerprint density at radius 2 is 1.79 bits per heavy atom. The van der Waals surface area contributed by atoms with Gasteiger partial charge in [-0.05, 0) is 43.6 Å². The van der Waals surface area contributed by atoms with Crippen LogP contribution < -0.4 is 15.1 Å². The number of aromatic nitrogens is 1. The van der Waals surface area contributed by atoms with Crippen molar-refractivity contribution in [1.82, 2.24) is 9.29 Å². The molecule has 1 saturated carbocycles. The maximum absolute atomic E-state index is 14.8. The molecule has 2 aromatic rings. The molecule has 0 bridgehead atoms. The number of ether oxygens (including phenoxy) is 1. The molecular formula is C24H32FN3O4S. The first kappa shape index (κ1) is 23.9. The number of hydrogen-bond acceptors (Lipinski definition) is 5. The third-order valence-corrected chi connectivity index (χ3v) is 7.56. The van der Waals surface area contributed by atoms with E-state index in [1.54, 1.807) is 16.5 Å². The predicted molar refractivity (Wildman–Crippen MR) is 127 cm³/mol. The monoisotopic (exact) mass is 477 g/mol. The predicted octanol–water partition coefficient (Wildman–Crippen LogP) is 2.76. The summed E-state index contributed by atoms with van der Waals surface area (Å²) in [5.74, 6) is -0.128. The molecule has 1 aliphatic heterocycles. The Balaban J connectivity index is 1.46. The van der Waals surface area contributed by atoms with E-state index < -0.39 is 33.4 Å². The largest absolute Gasteiger partial charge is 0.376 e. The van der Waals surface area contributed by atoms with Crippen molar-refractivity contribution >= 4 is 15.8 Å². The Morgan fingerprint density at radius 3 is 2.45 bits per heavy atom. The maximum atomic E-state index is 14.8. The molecule has 33 heavy (non-hydrogen) atoms. The highest BCUT2D eigenvalue weighted by molar-refractivity contribution is 7.88. The lowest BCUT2D eigenvalue weighted by atomic mass is 9.83. The molecule has 180 valence electrons. The maximum Gasteiger partial charge on any atom is 0.219 e. The van der Waals surface area contributed by atoms with E-state index in [4.69, 9.17) is 4.74 Å². The van der Waals surface area contributed by atoms with Gasteiger partial charge in [0.1, 0.15) is 5.82 Å². The molecule has 1 aliphatic carbocycles. The number of halogens is 1. The van der Waals surface area contributed by atoms with Gasteiger partial charge in [-0.3, -0.25) is 4.79 Å². The van der Waals surface area contributed by atoms with Gasteiger partial charge < -0.3 is 14.2 Å². The van der Waals surface area contributed by atoms with Crippen molar-refractivity contribution in [2.75, 3.05) is 24.3 Å². The van der Waals surface area contributed by atoms with Gasteiger partial charge in [0.05, 0.1) is 25.0 Å². The topological polar surface area (TPSA) is 80.6 Å². The van der Waals surface area contributed by atoms with Crippen molar-refractivity contribution < 1.29 is 17.5 Å². The standard InChI is InChI=1S/C24H32FN3O4S/c1-27-14-13-22(29)23(25)24(27)28-15-12-20(26-33(2,30)31)21(28)16-32-19-10-8-18(9-11-19)17-6-4-3-5-7-17/h3-7,13-14,18-21,26H,8-12,15-16H2,1-2H3/t18-,19+,20-,21-/m0/s1. The molecule has 0 amide bonds. The summed E-state index contributed by atoms with van der Waals surface area (Å²) in [5, 5.41) is 0. The second kappa shape index (κ2) is 9.95. The number of anilines is 1. The summed E-state index contributed by atoms with van der Waals surface area (Å²) in [7, 11) is -1.77. The number of benzene rings is 1. The van der Waals surface area contributed by atoms with Crippen LogP contribution in [0, 0.1) is 5.82 Å². The van der Waals surface area contributed by atoms with E-state index in [9.17, 15) is 17.6 Å². The lowest BCUT2D eigenvalue weighted by Gasteiger charge is -2.34. The van der Waals surface area contributed by atoms with Gasteiger partial charge in [0.25, 0.3) is 0 Å². The normalized spacial score (nSPS) is 26.0. The second-order valence-electron chi connectivity index (χ2n) is 9.19. The number of nitrogens with zero attached hydrogens (tertiary/aromatic N) is 2. The van der Waals surface area contributed by atoms with Gasteiger partial charge in [-0.1, -0.05) is 30.3 Å². The van der Waals surface area contributed by atoms with E-state index in [1.807, 2.05) is 6.07 Å². The van der Waals surface area contributed by atoms with E-state index in [0.29, 0.717) is 18.9 Å². The summed E-state index contributed by atoms with van der Waals surface area (Å²) in [6.07, 6.45) is 7.16. The fraction of sp³-hybridized carbons (Fsp3) is 0.542. The van der Waals surface area contributed by atoms with Gasteiger partial charge >= 0.3 is 0 Å². The van der Waals surface area contributed by atoms with Gasteiger partial charge in [0, 0.05) is 31.9 Å². The van der Waals surface area contributed by atoms with Gasteiger partial charge in [0.2, 0.25) is 21.3 Å². The number of rotatable bonds is 7. The highest BCUT2D eigenvalue weighted by Crippen LogP contribution is 2.35. The highest BCUT2D eigenvalue weighted by atomic mass is 32.2. The van der Waals surface area contributed by atoms with Crippen molar-refractivity contribution in [3.63, 3.8) is 0 Å². The van der Waals surface area contributed by atoms with E-state index in [0.717, 1.165) is 31.9 Å². The second-order valence-corrected chi connectivity index (χ2v) is 11.0. The first-order chi connectivity index (χ1) is 15.7. The molecule has 0 unspecified atom stereocenters. The molecule has 1 N–H and O–H groups in total.